The molecule has 0 aromatic heterocycles. The topological polar surface area (TPSA) is 308 Å². The Morgan fingerprint density at radius 3 is 0.389 bits per heavy atom. The van der Waals surface area contributed by atoms with Crippen LogP contribution in [0.3, 0.4) is 0 Å². The molecule has 0 aliphatic carbocycles. The summed E-state index contributed by atoms with van der Waals surface area (Å²) in [5.41, 5.74) is 0. The monoisotopic (exact) mass is 1870 g/mol. The van der Waals surface area contributed by atoms with Gasteiger partial charge in [0.05, 0.1) is 274 Å². The molecule has 44 heteroatoms. The van der Waals surface area contributed by atoms with E-state index in [0.717, 1.165) is 51.4 Å². The highest BCUT2D eigenvalue weighted by atomic mass is 19.3. The second kappa shape index (κ2) is 105. The molecule has 0 saturated heterocycles. The third-order valence-electron chi connectivity index (χ3n) is 16.8. The van der Waals surface area contributed by atoms with Crippen LogP contribution in [-0.4, -0.2) is 451 Å². The Bertz CT molecular complexity index is 1800. The van der Waals surface area contributed by atoms with Crippen LogP contribution in [0.2, 0.25) is 0 Å². The van der Waals surface area contributed by atoms with E-state index in [2.05, 4.69) is 105 Å². The minimum atomic E-state index is -0.845. The molecule has 8 unspecified atom stereocenters. The van der Waals surface area contributed by atoms with Crippen molar-refractivity contribution in [2.75, 3.05) is 383 Å². The maximum Gasteiger partial charge on any atom is 0.111 e. The average Bonchev–Trinajstić information content (AvgIpc) is 0.881. The van der Waals surface area contributed by atoms with Crippen LogP contribution in [0.25, 0.3) is 0 Å². The van der Waals surface area contributed by atoms with Gasteiger partial charge in [-0.1, -0.05) is 55.4 Å². The third kappa shape index (κ3) is 88.6. The van der Waals surface area contributed by atoms with Crippen LogP contribution in [0, 0.1) is 0 Å². The van der Waals surface area contributed by atoms with Crippen molar-refractivity contribution in [2.24, 2.45) is 0 Å². The highest BCUT2D eigenvalue weighted by Gasteiger charge is 2.30. The summed E-state index contributed by atoms with van der Waals surface area (Å²) in [7, 11) is 0. The van der Waals surface area contributed by atoms with E-state index in [1.165, 1.54) is 0 Å². The minimum Gasteiger partial charge on any atom is -0.379 e. The van der Waals surface area contributed by atoms with Gasteiger partial charge in [-0.2, -0.15) is 39.5 Å². The predicted molar refractivity (Wildman–Crippen MR) is 446 cm³/mol. The Kier molecular flexibility index (Phi) is 105. The first kappa shape index (κ1) is 126. The molecule has 36 nitrogen and oxygen atoms in total. The highest BCUT2D eigenvalue weighted by Crippen LogP contribution is 2.15. The van der Waals surface area contributed by atoms with Gasteiger partial charge in [0.1, 0.15) is 52.9 Å². The van der Waals surface area contributed by atoms with E-state index >= 15 is 0 Å². The van der Waals surface area contributed by atoms with Crippen LogP contribution in [0.4, 0.5) is 36.2 Å². The van der Waals surface area contributed by atoms with Gasteiger partial charge in [0.15, 0.2) is 0 Å². The molecule has 0 N–H and O–H groups in total. The van der Waals surface area contributed by atoms with E-state index in [4.69, 9.17) is 114 Å². The molecule has 8 atom stereocenters. The van der Waals surface area contributed by atoms with Gasteiger partial charge in [0, 0.05) is 105 Å². The Morgan fingerprint density at radius 1 is 0.143 bits per heavy atom. The van der Waals surface area contributed by atoms with Crippen LogP contribution >= 0.6 is 0 Å². The number of nitrogens with zero attached hydrogens (tertiary/aromatic N) is 4. The molecule has 0 spiro atoms. The lowest BCUT2D eigenvalue weighted by Gasteiger charge is -2.37. The van der Waals surface area contributed by atoms with Crippen LogP contribution in [0.15, 0.2) is 0 Å². The van der Waals surface area contributed by atoms with Crippen molar-refractivity contribution in [2.45, 2.75) is 156 Å². The molecule has 126 heavy (non-hydrogen) atoms. The fraction of sp³-hybridized carbons (Fsp3) is 1.00. The van der Waals surface area contributed by atoms with Gasteiger partial charge in [0.2, 0.25) is 0 Å². The van der Waals surface area contributed by atoms with Gasteiger partial charge < -0.3 is 114 Å². The van der Waals surface area contributed by atoms with Gasteiger partial charge in [0.25, 0.3) is 0 Å². The molecular formula is C82H164F8N4O32. The van der Waals surface area contributed by atoms with Crippen LogP contribution in [-0.2, 0) is 153 Å². The van der Waals surface area contributed by atoms with Gasteiger partial charge in [-0.15, -0.1) is 0 Å². The lowest BCUT2D eigenvalue weighted by molar-refractivity contribution is -0.171. The molecule has 760 valence electrons. The first-order valence-electron chi connectivity index (χ1n) is 45.0. The molecule has 0 aliphatic heterocycles. The summed E-state index contributed by atoms with van der Waals surface area (Å²) in [5, 5.41) is 0. The summed E-state index contributed by atoms with van der Waals surface area (Å²) in [6, 6.07) is 0. The number of ether oxygens (including phenoxy) is 24. The van der Waals surface area contributed by atoms with Crippen LogP contribution in [0.1, 0.15) is 107 Å². The smallest absolute Gasteiger partial charge is 0.111 e. The first-order valence-corrected chi connectivity index (χ1v) is 45.0. The summed E-state index contributed by atoms with van der Waals surface area (Å²) < 4.78 is 242. The van der Waals surface area contributed by atoms with Gasteiger partial charge in [-0.25, -0.2) is 0 Å². The summed E-state index contributed by atoms with van der Waals surface area (Å²) in [6.45, 7) is 28.2. The average molecular weight is 1870 g/mol. The maximum atomic E-state index is 12.5. The second-order valence-corrected chi connectivity index (χ2v) is 28.4. The molecule has 0 bridgehead atoms. The Labute approximate surface area is 745 Å². The molecular weight excluding hydrogens is 1700 g/mol. The van der Waals surface area contributed by atoms with Crippen molar-refractivity contribution in [3.63, 3.8) is 0 Å². The minimum absolute atomic E-state index is 0.0244. The lowest BCUT2D eigenvalue weighted by atomic mass is 10.2. The third-order valence-corrected chi connectivity index (χ3v) is 16.8. The van der Waals surface area contributed by atoms with Crippen molar-refractivity contribution < 1.29 is 189 Å². The number of hydrogen-bond donors (Lipinski definition) is 0. The van der Waals surface area contributed by atoms with E-state index in [-0.39, 0.29) is 137 Å². The zero-order chi connectivity index (χ0) is 92.2. The van der Waals surface area contributed by atoms with Crippen LogP contribution < -0.4 is 0 Å². The summed E-state index contributed by atoms with van der Waals surface area (Å²) in [5.74, 6) is 0. The summed E-state index contributed by atoms with van der Waals surface area (Å²) in [4.78, 5) is 36.7. The van der Waals surface area contributed by atoms with Gasteiger partial charge in [-0.05, 0) is 87.6 Å². The van der Waals surface area contributed by atoms with E-state index in [1.807, 2.05) is 0 Å². The number of rotatable bonds is 108. The van der Waals surface area contributed by atoms with Crippen LogP contribution in [0.5, 0.6) is 0 Å². The highest BCUT2D eigenvalue weighted by molar-refractivity contribution is 4.80. The van der Waals surface area contributed by atoms with E-state index < -0.39 is 77.3 Å². The Hall–Kier alpha value is -2.00. The van der Waals surface area contributed by atoms with Crippen molar-refractivity contribution >= 4 is 0 Å². The molecule has 0 aliphatic rings. The molecule has 0 radical (unpaired) electrons. The fourth-order valence-electron chi connectivity index (χ4n) is 11.5. The van der Waals surface area contributed by atoms with Gasteiger partial charge >= 0.3 is 0 Å². The molecule has 0 amide bonds. The molecule has 0 aromatic carbocycles. The van der Waals surface area contributed by atoms with Crippen molar-refractivity contribution in [1.82, 2.24) is 19.6 Å². The van der Waals surface area contributed by atoms with Crippen molar-refractivity contribution in [3.8, 4) is 0 Å². The normalized spacial score (nSPS) is 14.0. The zero-order valence-corrected chi connectivity index (χ0v) is 77.2. The largest absolute Gasteiger partial charge is 0.379 e. The predicted octanol–water partition coefficient (Wildman–Crippen LogP) is 8.93. The van der Waals surface area contributed by atoms with E-state index in [1.54, 1.807) is 9.80 Å². The molecule has 0 fully saturated rings. The standard InChI is InChI=1S/C53H110N2O16.C29H54F8N2O16/c1-9-17-56-25-29-64-45-50(68-37-33-60-21-13-5)41-54(42-51(69-38-34-61-22-14-6)46-65-30-26-57-18-10-2)49-55(43-52(70-39-35-62-23-15-7)47-66-31-27-58-19-11-3)44-53(71-40-36-63-24-16-8)48-67-32-28-59-20-12-4;30-48-9-1-40-21-26(44-5-13-52-34)17-38(18-27(45-6-14-53-35)22-41-2-10-49-31)25-39(19-28(46-7-15-54-36)23-42-3-11-50-32)20-29(47-8-16-55-37)24-43-4-12-51-33/h50-53H,9-49H2,1-8H3;26-29H,1-25H2. The molecule has 0 saturated carbocycles. The zero-order valence-electron chi connectivity index (χ0n) is 77.2. The van der Waals surface area contributed by atoms with Crippen molar-refractivity contribution in [3.05, 3.63) is 0 Å². The van der Waals surface area contributed by atoms with Crippen molar-refractivity contribution in [1.29, 1.82) is 0 Å². The second-order valence-electron chi connectivity index (χ2n) is 28.4. The van der Waals surface area contributed by atoms with Gasteiger partial charge in [-0.3, -0.25) is 19.6 Å². The first-order chi connectivity index (χ1) is 62.0. The maximum absolute atomic E-state index is 12.5. The molecule has 0 heterocycles. The fourth-order valence-corrected chi connectivity index (χ4v) is 11.5. The summed E-state index contributed by atoms with van der Waals surface area (Å²) >= 11 is 0. The van der Waals surface area contributed by atoms with E-state index in [9.17, 15) is 36.2 Å². The van der Waals surface area contributed by atoms with E-state index in [0.29, 0.717) is 218 Å². The summed E-state index contributed by atoms with van der Waals surface area (Å²) in [6.07, 6.45) is 3.00. The SMILES string of the molecule is CCCOCCOCC(CN(CC(COCCOCCC)OCCOCCC)CN(CC(COCCOCCC)OCCOCCC)CC(COCCOCCC)OCCOCCC)OCCOCCC.FOCCOCC(CN(CC(COCCOF)OCCOF)CN(CC(COCCOF)OCCOF)CC(COCCOF)OCCOF)OCCOF. The number of hydrogen-bond acceptors (Lipinski definition) is 36. The molecule has 0 rings (SSSR count). The Balaban J connectivity index is 0. The molecule has 0 aromatic rings. The number of halogens is 8. The Morgan fingerprint density at radius 2 is 0.254 bits per heavy atom. The lowest BCUT2D eigenvalue weighted by Crippen LogP contribution is -2.52. The quantitative estimate of drug-likeness (QED) is 0.0311.